The van der Waals surface area contributed by atoms with E-state index in [1.54, 1.807) is 0 Å². The molecule has 138 valence electrons. The molecule has 0 saturated heterocycles. The maximum atomic E-state index is 11.3. The fourth-order valence-electron chi connectivity index (χ4n) is 3.79. The van der Waals surface area contributed by atoms with Gasteiger partial charge in [0, 0.05) is 19.8 Å². The summed E-state index contributed by atoms with van der Waals surface area (Å²) >= 11 is 0. The van der Waals surface area contributed by atoms with Gasteiger partial charge in [-0.25, -0.2) is 4.79 Å². The van der Waals surface area contributed by atoms with Crippen molar-refractivity contribution >= 4 is 22.5 Å². The molecule has 0 N–H and O–H groups in total. The second-order valence-electron chi connectivity index (χ2n) is 7.88. The van der Waals surface area contributed by atoms with Crippen LogP contribution in [0.2, 0.25) is 0 Å². The van der Waals surface area contributed by atoms with E-state index >= 15 is 0 Å². The standard InChI is InChI=1S/C22H22N2O3/c1-14(25)26-24-19-12-22(2,3)13-20-21(19)18(23-27-20)11-16-9-6-8-15-7-4-5-10-17(15)16/h4-10H,11-13H2,1-3H3. The van der Waals surface area contributed by atoms with Crippen molar-refractivity contribution in [2.45, 2.75) is 40.0 Å². The van der Waals surface area contributed by atoms with Gasteiger partial charge in [-0.05, 0) is 28.2 Å². The second kappa shape index (κ2) is 6.65. The molecular formula is C22H22N2O3. The summed E-state index contributed by atoms with van der Waals surface area (Å²) < 4.78 is 5.67. The molecule has 5 heteroatoms. The molecule has 5 nitrogen and oxygen atoms in total. The van der Waals surface area contributed by atoms with E-state index in [2.05, 4.69) is 54.5 Å². The van der Waals surface area contributed by atoms with E-state index in [-0.39, 0.29) is 5.41 Å². The summed E-state index contributed by atoms with van der Waals surface area (Å²) in [7, 11) is 0. The highest BCUT2D eigenvalue weighted by Gasteiger charge is 2.35. The number of nitrogens with zero attached hydrogens (tertiary/aromatic N) is 2. The Hall–Kier alpha value is -2.95. The molecular weight excluding hydrogens is 340 g/mol. The molecule has 0 unspecified atom stereocenters. The van der Waals surface area contributed by atoms with Crippen molar-refractivity contribution in [2.75, 3.05) is 0 Å². The second-order valence-corrected chi connectivity index (χ2v) is 7.88. The average Bonchev–Trinajstić information content (AvgIpc) is 3.01. The van der Waals surface area contributed by atoms with Crippen LogP contribution in [0.15, 0.2) is 52.1 Å². The number of fused-ring (bicyclic) bond motifs is 2. The first-order valence-corrected chi connectivity index (χ1v) is 9.12. The molecule has 1 heterocycles. The molecule has 0 saturated carbocycles. The van der Waals surface area contributed by atoms with E-state index < -0.39 is 5.97 Å². The normalized spacial score (nSPS) is 17.1. The molecule has 0 amide bonds. The molecule has 1 aromatic heterocycles. The molecule has 1 aliphatic carbocycles. The molecule has 0 spiro atoms. The number of hydrogen-bond donors (Lipinski definition) is 0. The van der Waals surface area contributed by atoms with Crippen LogP contribution < -0.4 is 0 Å². The minimum atomic E-state index is -0.431. The lowest BCUT2D eigenvalue weighted by Gasteiger charge is -2.28. The number of benzene rings is 2. The van der Waals surface area contributed by atoms with E-state index in [1.807, 2.05) is 12.1 Å². The van der Waals surface area contributed by atoms with Crippen molar-refractivity contribution in [3.63, 3.8) is 0 Å². The van der Waals surface area contributed by atoms with Crippen molar-refractivity contribution in [3.05, 3.63) is 65.0 Å². The predicted molar refractivity (Wildman–Crippen MR) is 104 cm³/mol. The maximum absolute atomic E-state index is 11.3. The van der Waals surface area contributed by atoms with Crippen LogP contribution in [0, 0.1) is 5.41 Å². The average molecular weight is 362 g/mol. The topological polar surface area (TPSA) is 64.7 Å². The van der Waals surface area contributed by atoms with Gasteiger partial charge in [-0.2, -0.15) is 0 Å². The van der Waals surface area contributed by atoms with Gasteiger partial charge in [0.25, 0.3) is 0 Å². The van der Waals surface area contributed by atoms with Crippen LogP contribution >= 0.6 is 0 Å². The summed E-state index contributed by atoms with van der Waals surface area (Å²) in [5.74, 6) is 0.381. The fraction of sp³-hybridized carbons (Fsp3) is 0.318. The third kappa shape index (κ3) is 3.50. The maximum Gasteiger partial charge on any atom is 0.331 e. The van der Waals surface area contributed by atoms with Gasteiger partial charge in [-0.3, -0.25) is 0 Å². The molecule has 0 atom stereocenters. The third-order valence-corrected chi connectivity index (χ3v) is 4.93. The summed E-state index contributed by atoms with van der Waals surface area (Å²) in [6.45, 7) is 5.64. The molecule has 4 rings (SSSR count). The molecule has 2 aromatic carbocycles. The highest BCUT2D eigenvalue weighted by Crippen LogP contribution is 2.37. The fourth-order valence-corrected chi connectivity index (χ4v) is 3.79. The Morgan fingerprint density at radius 3 is 2.78 bits per heavy atom. The van der Waals surface area contributed by atoms with E-state index in [0.29, 0.717) is 12.8 Å². The number of hydrogen-bond acceptors (Lipinski definition) is 5. The van der Waals surface area contributed by atoms with E-state index in [1.165, 1.54) is 23.3 Å². The predicted octanol–water partition coefficient (Wildman–Crippen LogP) is 4.66. The minimum absolute atomic E-state index is 0.0256. The molecule has 27 heavy (non-hydrogen) atoms. The first-order chi connectivity index (χ1) is 12.9. The highest BCUT2D eigenvalue weighted by molar-refractivity contribution is 6.03. The van der Waals surface area contributed by atoms with Crippen molar-refractivity contribution in [1.82, 2.24) is 5.16 Å². The minimum Gasteiger partial charge on any atom is -0.360 e. The Labute approximate surface area is 158 Å². The van der Waals surface area contributed by atoms with Gasteiger partial charge in [-0.1, -0.05) is 66.6 Å². The lowest BCUT2D eigenvalue weighted by Crippen LogP contribution is -2.27. The van der Waals surface area contributed by atoms with Crippen molar-refractivity contribution < 1.29 is 14.2 Å². The van der Waals surface area contributed by atoms with Gasteiger partial charge in [-0.15, -0.1) is 0 Å². The largest absolute Gasteiger partial charge is 0.360 e. The van der Waals surface area contributed by atoms with Crippen LogP contribution in [-0.2, 0) is 22.5 Å². The first kappa shape index (κ1) is 17.5. The van der Waals surface area contributed by atoms with Crippen LogP contribution in [0.3, 0.4) is 0 Å². The summed E-state index contributed by atoms with van der Waals surface area (Å²) in [6.07, 6.45) is 2.13. The SMILES string of the molecule is CC(=O)ON=C1CC(C)(C)Cc2onc(Cc3cccc4ccccc34)c21. The Balaban J connectivity index is 1.77. The number of rotatable bonds is 3. The monoisotopic (exact) mass is 362 g/mol. The summed E-state index contributed by atoms with van der Waals surface area (Å²) in [4.78, 5) is 16.2. The zero-order valence-electron chi connectivity index (χ0n) is 15.8. The number of oxime groups is 1. The lowest BCUT2D eigenvalue weighted by atomic mass is 9.75. The molecule has 3 aromatic rings. The quantitative estimate of drug-likeness (QED) is 0.502. The third-order valence-electron chi connectivity index (χ3n) is 4.93. The lowest BCUT2D eigenvalue weighted by molar-refractivity contribution is -0.140. The highest BCUT2D eigenvalue weighted by atomic mass is 16.7. The van der Waals surface area contributed by atoms with Crippen molar-refractivity contribution in [2.24, 2.45) is 10.6 Å². The zero-order valence-corrected chi connectivity index (χ0v) is 15.8. The van der Waals surface area contributed by atoms with Crippen molar-refractivity contribution in [3.8, 4) is 0 Å². The smallest absolute Gasteiger partial charge is 0.331 e. The van der Waals surface area contributed by atoms with Crippen molar-refractivity contribution in [1.29, 1.82) is 0 Å². The molecule has 0 radical (unpaired) electrons. The molecule has 0 fully saturated rings. The van der Waals surface area contributed by atoms with E-state index in [0.717, 1.165) is 29.2 Å². The van der Waals surface area contributed by atoms with Gasteiger partial charge in [0.05, 0.1) is 17.0 Å². The number of carbonyl (C=O) groups excluding carboxylic acids is 1. The summed E-state index contributed by atoms with van der Waals surface area (Å²) in [5.41, 5.74) is 3.61. The van der Waals surface area contributed by atoms with E-state index in [9.17, 15) is 4.79 Å². The van der Waals surface area contributed by atoms with Crippen LogP contribution in [0.25, 0.3) is 10.8 Å². The number of aromatic nitrogens is 1. The Bertz CT molecular complexity index is 1040. The van der Waals surface area contributed by atoms with Crippen LogP contribution in [-0.4, -0.2) is 16.8 Å². The van der Waals surface area contributed by atoms with Gasteiger partial charge < -0.3 is 9.36 Å². The van der Waals surface area contributed by atoms with Gasteiger partial charge >= 0.3 is 5.97 Å². The van der Waals surface area contributed by atoms with Gasteiger partial charge in [0.1, 0.15) is 5.76 Å². The zero-order chi connectivity index (χ0) is 19.0. The molecule has 0 aliphatic heterocycles. The summed E-state index contributed by atoms with van der Waals surface area (Å²) in [5, 5.41) is 10.9. The Kier molecular flexibility index (Phi) is 4.30. The van der Waals surface area contributed by atoms with Crippen LogP contribution in [0.1, 0.15) is 49.8 Å². The number of carbonyl (C=O) groups is 1. The van der Waals surface area contributed by atoms with Gasteiger partial charge in [0.15, 0.2) is 0 Å². The summed E-state index contributed by atoms with van der Waals surface area (Å²) in [6, 6.07) is 14.6. The van der Waals surface area contributed by atoms with Crippen LogP contribution in [0.5, 0.6) is 0 Å². The first-order valence-electron chi connectivity index (χ1n) is 9.12. The van der Waals surface area contributed by atoms with Crippen LogP contribution in [0.4, 0.5) is 0 Å². The molecule has 1 aliphatic rings. The van der Waals surface area contributed by atoms with Gasteiger partial charge in [0.2, 0.25) is 0 Å². The molecule has 0 bridgehead atoms. The van der Waals surface area contributed by atoms with E-state index in [4.69, 9.17) is 9.36 Å². The Morgan fingerprint density at radius 2 is 1.96 bits per heavy atom. The Morgan fingerprint density at radius 1 is 1.19 bits per heavy atom.